The van der Waals surface area contributed by atoms with Crippen molar-refractivity contribution < 1.29 is 9.59 Å². The van der Waals surface area contributed by atoms with Crippen molar-refractivity contribution in [3.05, 3.63) is 82.4 Å². The van der Waals surface area contributed by atoms with Gasteiger partial charge in [0.05, 0.1) is 29.2 Å². The lowest BCUT2D eigenvalue weighted by Crippen LogP contribution is -2.51. The van der Waals surface area contributed by atoms with Crippen LogP contribution in [0, 0.1) is 11.8 Å². The third kappa shape index (κ3) is 5.00. The first-order valence-corrected chi connectivity index (χ1v) is 12.3. The number of nitrogens with zero attached hydrogens (tertiary/aromatic N) is 5. The molecule has 3 heterocycles. The van der Waals surface area contributed by atoms with Gasteiger partial charge in [0.2, 0.25) is 5.91 Å². The van der Waals surface area contributed by atoms with Gasteiger partial charge in [0.25, 0.3) is 11.5 Å². The van der Waals surface area contributed by atoms with Gasteiger partial charge in [-0.3, -0.25) is 19.0 Å². The van der Waals surface area contributed by atoms with Crippen molar-refractivity contribution in [3.63, 3.8) is 0 Å². The molecular formula is C28H26N8O3. The van der Waals surface area contributed by atoms with Gasteiger partial charge in [-0.25, -0.2) is 15.0 Å². The quantitative estimate of drug-likeness (QED) is 0.426. The molecule has 39 heavy (non-hydrogen) atoms. The van der Waals surface area contributed by atoms with Crippen LogP contribution >= 0.6 is 0 Å². The second-order valence-corrected chi connectivity index (χ2v) is 8.99. The number of benzene rings is 2. The molecule has 3 unspecified atom stereocenters. The summed E-state index contributed by atoms with van der Waals surface area (Å²) >= 11 is 0. The summed E-state index contributed by atoms with van der Waals surface area (Å²) in [5.41, 5.74) is 7.26. The molecule has 4 N–H and O–H groups in total. The number of aromatic nitrogens is 2. The summed E-state index contributed by atoms with van der Waals surface area (Å²) in [6.07, 6.45) is 4.68. The van der Waals surface area contributed by atoms with Gasteiger partial charge in [0.1, 0.15) is 11.7 Å². The molecule has 2 aliphatic rings. The number of carbonyl (C=O) groups is 2. The minimum absolute atomic E-state index is 0.151. The molecule has 0 bridgehead atoms. The van der Waals surface area contributed by atoms with Crippen LogP contribution in [0.2, 0.25) is 0 Å². The first kappa shape index (κ1) is 25.4. The molecular weight excluding hydrogens is 496 g/mol. The Morgan fingerprint density at radius 2 is 1.95 bits per heavy atom. The molecule has 11 heteroatoms. The first-order valence-electron chi connectivity index (χ1n) is 12.3. The number of hydrogen-bond donors (Lipinski definition) is 3. The number of hydrogen-bond acceptors (Lipinski definition) is 8. The van der Waals surface area contributed by atoms with Crippen LogP contribution in [-0.4, -0.2) is 57.2 Å². The van der Waals surface area contributed by atoms with E-state index in [1.54, 1.807) is 55.6 Å². The zero-order valence-electron chi connectivity index (χ0n) is 21.3. The van der Waals surface area contributed by atoms with Crippen molar-refractivity contribution in [1.82, 2.24) is 25.2 Å². The Hall–Kier alpha value is -5.24. The number of allylic oxidation sites excluding steroid dienone is 1. The monoisotopic (exact) mass is 522 g/mol. The molecule has 0 fully saturated rings. The van der Waals surface area contributed by atoms with Gasteiger partial charge >= 0.3 is 0 Å². The predicted molar refractivity (Wildman–Crippen MR) is 148 cm³/mol. The average Bonchev–Trinajstić information content (AvgIpc) is 3.27. The highest BCUT2D eigenvalue weighted by Crippen LogP contribution is 2.23. The van der Waals surface area contributed by atoms with E-state index in [1.807, 2.05) is 18.2 Å². The van der Waals surface area contributed by atoms with E-state index < -0.39 is 24.2 Å². The van der Waals surface area contributed by atoms with Crippen LogP contribution in [0.4, 0.5) is 0 Å². The summed E-state index contributed by atoms with van der Waals surface area (Å²) in [4.78, 5) is 47.7. The highest BCUT2D eigenvalue weighted by atomic mass is 16.2. The van der Waals surface area contributed by atoms with E-state index in [4.69, 9.17) is 10.7 Å². The van der Waals surface area contributed by atoms with E-state index in [2.05, 4.69) is 32.6 Å². The number of amides is 2. The molecule has 3 aromatic rings. The van der Waals surface area contributed by atoms with Gasteiger partial charge < -0.3 is 16.4 Å². The average molecular weight is 523 g/mol. The van der Waals surface area contributed by atoms with E-state index >= 15 is 0 Å². The van der Waals surface area contributed by atoms with Gasteiger partial charge in [-0.2, -0.15) is 5.10 Å². The molecule has 5 rings (SSSR count). The third-order valence-electron chi connectivity index (χ3n) is 6.25. The number of para-hydroxylation sites is 1. The Morgan fingerprint density at radius 1 is 1.15 bits per heavy atom. The second kappa shape index (κ2) is 10.6. The molecule has 2 aromatic carbocycles. The zero-order chi connectivity index (χ0) is 27.5. The van der Waals surface area contributed by atoms with Crippen molar-refractivity contribution >= 4 is 34.8 Å². The standard InChI is InChI=1S/C28H26N8O3/c1-17(32-27(38)24-25(29)34-22-14-8-16-31-36(22)24)26-33-21-13-6-9-19(10-7-15-30-18(2)37)23(21)28(39)35(26)20-11-4-3-5-12-20/h3-6,8-9,11-14,16-17,22,24H,15H2,1-2H3,(H2,29,34)(H,30,37)(H,32,38). The lowest BCUT2D eigenvalue weighted by Gasteiger charge is -2.27. The van der Waals surface area contributed by atoms with Crippen LogP contribution in [0.15, 0.2) is 75.6 Å². The van der Waals surface area contributed by atoms with Crippen LogP contribution in [0.3, 0.4) is 0 Å². The minimum Gasteiger partial charge on any atom is -0.385 e. The van der Waals surface area contributed by atoms with Gasteiger partial charge in [0.15, 0.2) is 12.2 Å². The lowest BCUT2D eigenvalue weighted by atomic mass is 10.1. The fourth-order valence-corrected chi connectivity index (χ4v) is 4.49. The number of nitrogens with one attached hydrogen (secondary N) is 2. The maximum absolute atomic E-state index is 14.0. The van der Waals surface area contributed by atoms with Crippen LogP contribution < -0.4 is 21.9 Å². The summed E-state index contributed by atoms with van der Waals surface area (Å²) < 4.78 is 1.48. The summed E-state index contributed by atoms with van der Waals surface area (Å²) in [5, 5.41) is 11.7. The molecule has 2 aliphatic heterocycles. The van der Waals surface area contributed by atoms with E-state index in [1.165, 1.54) is 16.5 Å². The van der Waals surface area contributed by atoms with Crippen LogP contribution in [0.1, 0.15) is 31.3 Å². The fraction of sp³-hybridized carbons (Fsp3) is 0.214. The Kier molecular flexibility index (Phi) is 6.93. The highest BCUT2D eigenvalue weighted by Gasteiger charge is 2.39. The predicted octanol–water partition coefficient (Wildman–Crippen LogP) is 0.974. The molecule has 0 radical (unpaired) electrons. The topological polar surface area (TPSA) is 147 Å². The number of amidine groups is 1. The summed E-state index contributed by atoms with van der Waals surface area (Å²) in [6, 6.07) is 12.7. The molecule has 11 nitrogen and oxygen atoms in total. The SMILES string of the molecule is CC(=O)NCC#Cc1cccc2nc(C(C)NC(=O)C3C(N)=NC4C=CC=NN43)n(-c3ccccc3)c(=O)c12. The Labute approximate surface area is 224 Å². The lowest BCUT2D eigenvalue weighted by molar-refractivity contribution is -0.125. The molecule has 0 saturated carbocycles. The van der Waals surface area contributed by atoms with Crippen molar-refractivity contribution in [2.45, 2.75) is 32.1 Å². The van der Waals surface area contributed by atoms with E-state index in [0.717, 1.165) is 0 Å². The zero-order valence-corrected chi connectivity index (χ0v) is 21.3. The van der Waals surface area contributed by atoms with E-state index in [0.29, 0.717) is 28.0 Å². The minimum atomic E-state index is -0.888. The number of aliphatic imine (C=N–C) groups is 1. The number of fused-ring (bicyclic) bond motifs is 2. The van der Waals surface area contributed by atoms with E-state index in [9.17, 15) is 14.4 Å². The highest BCUT2D eigenvalue weighted by molar-refractivity contribution is 6.08. The van der Waals surface area contributed by atoms with E-state index in [-0.39, 0.29) is 23.8 Å². The Morgan fingerprint density at radius 3 is 2.72 bits per heavy atom. The number of carbonyl (C=O) groups excluding carboxylic acids is 2. The summed E-state index contributed by atoms with van der Waals surface area (Å²) in [5.74, 6) is 5.73. The maximum atomic E-state index is 14.0. The normalized spacial score (nSPS) is 18.1. The Balaban J connectivity index is 1.55. The number of rotatable bonds is 5. The summed E-state index contributed by atoms with van der Waals surface area (Å²) in [6.45, 7) is 3.31. The molecule has 1 aromatic heterocycles. The van der Waals surface area contributed by atoms with Crippen LogP contribution in [0.5, 0.6) is 0 Å². The fourth-order valence-electron chi connectivity index (χ4n) is 4.49. The van der Waals surface area contributed by atoms with Crippen molar-refractivity contribution in [1.29, 1.82) is 0 Å². The van der Waals surface area contributed by atoms with Gasteiger partial charge in [-0.15, -0.1) is 0 Å². The van der Waals surface area contributed by atoms with Crippen LogP contribution in [-0.2, 0) is 9.59 Å². The van der Waals surface area contributed by atoms with Crippen molar-refractivity contribution in [3.8, 4) is 17.5 Å². The largest absolute Gasteiger partial charge is 0.385 e. The van der Waals surface area contributed by atoms with Crippen molar-refractivity contribution in [2.24, 2.45) is 15.8 Å². The number of nitrogens with two attached hydrogens (primary N) is 1. The van der Waals surface area contributed by atoms with Gasteiger partial charge in [-0.1, -0.05) is 36.1 Å². The molecule has 0 spiro atoms. The van der Waals surface area contributed by atoms with Gasteiger partial charge in [0, 0.05) is 18.7 Å². The summed E-state index contributed by atoms with van der Waals surface area (Å²) in [7, 11) is 0. The number of hydrazone groups is 1. The molecule has 196 valence electrons. The third-order valence-corrected chi connectivity index (χ3v) is 6.25. The molecule has 2 amide bonds. The maximum Gasteiger partial charge on any atom is 0.267 e. The molecule has 3 atom stereocenters. The smallest absolute Gasteiger partial charge is 0.267 e. The van der Waals surface area contributed by atoms with Crippen LogP contribution in [0.25, 0.3) is 16.6 Å². The second-order valence-electron chi connectivity index (χ2n) is 8.99. The van der Waals surface area contributed by atoms with Gasteiger partial charge in [-0.05, 0) is 43.3 Å². The molecule has 0 saturated heterocycles. The van der Waals surface area contributed by atoms with Crippen molar-refractivity contribution in [2.75, 3.05) is 6.54 Å². The first-order chi connectivity index (χ1) is 18.8. The Bertz CT molecular complexity index is 1660. The molecule has 0 aliphatic carbocycles.